The number of hydrogen-bond acceptors (Lipinski definition) is 4. The molecule has 1 aromatic rings. The normalized spacial score (nSPS) is 23.6. The van der Waals surface area contributed by atoms with Crippen LogP contribution in [0.25, 0.3) is 0 Å². The van der Waals surface area contributed by atoms with Crippen LogP contribution in [-0.4, -0.2) is 42.3 Å². The highest BCUT2D eigenvalue weighted by Crippen LogP contribution is 2.20. The van der Waals surface area contributed by atoms with Crippen LogP contribution in [0.1, 0.15) is 24.5 Å². The SMILES string of the molecule is COC(=O)Cc1ccccc1CN1CCC(C)C(O)C1. The van der Waals surface area contributed by atoms with Crippen molar-refractivity contribution in [2.75, 3.05) is 20.2 Å². The number of rotatable bonds is 4. The lowest BCUT2D eigenvalue weighted by Crippen LogP contribution is -2.42. The number of carbonyl (C=O) groups excluding carboxylic acids is 1. The Morgan fingerprint density at radius 3 is 2.75 bits per heavy atom. The van der Waals surface area contributed by atoms with Crippen LogP contribution < -0.4 is 0 Å². The molecule has 0 aliphatic carbocycles. The first-order valence-corrected chi connectivity index (χ1v) is 7.14. The van der Waals surface area contributed by atoms with Crippen molar-refractivity contribution in [1.29, 1.82) is 0 Å². The van der Waals surface area contributed by atoms with Gasteiger partial charge in [-0.05, 0) is 30.0 Å². The second-order valence-electron chi connectivity index (χ2n) is 5.59. The van der Waals surface area contributed by atoms with Crippen LogP contribution in [0.2, 0.25) is 0 Å². The first-order chi connectivity index (χ1) is 9.60. The fourth-order valence-electron chi connectivity index (χ4n) is 2.61. The van der Waals surface area contributed by atoms with E-state index in [0.717, 1.165) is 30.6 Å². The molecule has 0 radical (unpaired) electrons. The summed E-state index contributed by atoms with van der Waals surface area (Å²) in [7, 11) is 1.41. The van der Waals surface area contributed by atoms with Crippen molar-refractivity contribution in [3.8, 4) is 0 Å². The molecule has 20 heavy (non-hydrogen) atoms. The average molecular weight is 277 g/mol. The third kappa shape index (κ3) is 3.81. The summed E-state index contributed by atoms with van der Waals surface area (Å²) in [5, 5.41) is 9.96. The second-order valence-corrected chi connectivity index (χ2v) is 5.59. The number of nitrogens with zero attached hydrogens (tertiary/aromatic N) is 1. The van der Waals surface area contributed by atoms with Crippen molar-refractivity contribution in [3.63, 3.8) is 0 Å². The first-order valence-electron chi connectivity index (χ1n) is 7.14. The van der Waals surface area contributed by atoms with E-state index in [0.29, 0.717) is 18.9 Å². The van der Waals surface area contributed by atoms with E-state index in [4.69, 9.17) is 4.74 Å². The molecule has 110 valence electrons. The molecule has 2 unspecified atom stereocenters. The van der Waals surface area contributed by atoms with Crippen molar-refractivity contribution < 1.29 is 14.6 Å². The molecule has 4 nitrogen and oxygen atoms in total. The summed E-state index contributed by atoms with van der Waals surface area (Å²) >= 11 is 0. The monoisotopic (exact) mass is 277 g/mol. The van der Waals surface area contributed by atoms with Gasteiger partial charge in [-0.2, -0.15) is 0 Å². The summed E-state index contributed by atoms with van der Waals surface area (Å²) in [6.07, 6.45) is 1.07. The lowest BCUT2D eigenvalue weighted by Gasteiger charge is -2.34. The van der Waals surface area contributed by atoms with Crippen LogP contribution in [-0.2, 0) is 22.5 Å². The molecule has 1 aliphatic rings. The van der Waals surface area contributed by atoms with Crippen molar-refractivity contribution in [3.05, 3.63) is 35.4 Å². The van der Waals surface area contributed by atoms with Gasteiger partial charge in [-0.1, -0.05) is 31.2 Å². The van der Waals surface area contributed by atoms with Gasteiger partial charge in [0.2, 0.25) is 0 Å². The Morgan fingerprint density at radius 2 is 2.10 bits per heavy atom. The van der Waals surface area contributed by atoms with Gasteiger partial charge in [0.05, 0.1) is 19.6 Å². The predicted octanol–water partition coefficient (Wildman–Crippen LogP) is 1.60. The lowest BCUT2D eigenvalue weighted by molar-refractivity contribution is -0.139. The third-order valence-corrected chi connectivity index (χ3v) is 4.08. The van der Waals surface area contributed by atoms with E-state index in [2.05, 4.69) is 11.8 Å². The summed E-state index contributed by atoms with van der Waals surface area (Å²) in [5.74, 6) is 0.154. The fourth-order valence-corrected chi connectivity index (χ4v) is 2.61. The molecule has 1 aliphatic heterocycles. The van der Waals surface area contributed by atoms with Gasteiger partial charge in [-0.15, -0.1) is 0 Å². The molecule has 0 amide bonds. The highest BCUT2D eigenvalue weighted by atomic mass is 16.5. The molecule has 0 saturated carbocycles. The Balaban J connectivity index is 2.03. The van der Waals surface area contributed by atoms with Crippen LogP contribution in [0.15, 0.2) is 24.3 Å². The molecule has 1 fully saturated rings. The number of piperidine rings is 1. The molecule has 0 bridgehead atoms. The van der Waals surface area contributed by atoms with Crippen LogP contribution in [0.4, 0.5) is 0 Å². The topological polar surface area (TPSA) is 49.8 Å². The molecular formula is C16H23NO3. The maximum atomic E-state index is 11.4. The molecule has 1 aromatic carbocycles. The third-order valence-electron chi connectivity index (χ3n) is 4.08. The zero-order chi connectivity index (χ0) is 14.5. The number of likely N-dealkylation sites (tertiary alicyclic amines) is 1. The Bertz CT molecular complexity index is 461. The molecule has 4 heteroatoms. The highest BCUT2D eigenvalue weighted by Gasteiger charge is 2.24. The number of benzene rings is 1. The van der Waals surface area contributed by atoms with Crippen molar-refractivity contribution in [2.45, 2.75) is 32.4 Å². The van der Waals surface area contributed by atoms with Crippen LogP contribution in [0.5, 0.6) is 0 Å². The van der Waals surface area contributed by atoms with Crippen molar-refractivity contribution in [1.82, 2.24) is 4.90 Å². The van der Waals surface area contributed by atoms with Gasteiger partial charge in [-0.3, -0.25) is 9.69 Å². The van der Waals surface area contributed by atoms with Gasteiger partial charge in [0, 0.05) is 13.1 Å². The maximum absolute atomic E-state index is 11.4. The molecule has 2 atom stereocenters. The van der Waals surface area contributed by atoms with Crippen molar-refractivity contribution in [2.24, 2.45) is 5.92 Å². The van der Waals surface area contributed by atoms with Gasteiger partial charge in [0.1, 0.15) is 0 Å². The number of ether oxygens (including phenoxy) is 1. The quantitative estimate of drug-likeness (QED) is 0.849. The fraction of sp³-hybridized carbons (Fsp3) is 0.562. The summed E-state index contributed by atoms with van der Waals surface area (Å²) in [4.78, 5) is 13.7. The predicted molar refractivity (Wildman–Crippen MR) is 77.2 cm³/mol. The minimum absolute atomic E-state index is 0.218. The van der Waals surface area contributed by atoms with E-state index in [-0.39, 0.29) is 12.1 Å². The largest absolute Gasteiger partial charge is 0.469 e. The standard InChI is InChI=1S/C16H23NO3/c1-12-7-8-17(11-15(12)18)10-14-6-4-3-5-13(14)9-16(19)20-2/h3-6,12,15,18H,7-11H2,1-2H3. The summed E-state index contributed by atoms with van der Waals surface area (Å²) in [5.41, 5.74) is 2.15. The number of methoxy groups -OCH3 is 1. The van der Waals surface area contributed by atoms with E-state index in [1.165, 1.54) is 7.11 Å². The lowest BCUT2D eigenvalue weighted by atomic mass is 9.95. The molecule has 1 heterocycles. The van der Waals surface area contributed by atoms with Crippen LogP contribution >= 0.6 is 0 Å². The molecular weight excluding hydrogens is 254 g/mol. The minimum Gasteiger partial charge on any atom is -0.469 e. The zero-order valence-corrected chi connectivity index (χ0v) is 12.2. The Morgan fingerprint density at radius 1 is 1.40 bits per heavy atom. The van der Waals surface area contributed by atoms with E-state index >= 15 is 0 Å². The number of aliphatic hydroxyl groups is 1. The molecule has 0 aromatic heterocycles. The average Bonchev–Trinajstić information content (AvgIpc) is 2.45. The van der Waals surface area contributed by atoms with E-state index in [9.17, 15) is 9.90 Å². The van der Waals surface area contributed by atoms with E-state index in [1.54, 1.807) is 0 Å². The van der Waals surface area contributed by atoms with E-state index in [1.807, 2.05) is 24.3 Å². The number of aliphatic hydroxyl groups excluding tert-OH is 1. The van der Waals surface area contributed by atoms with Crippen LogP contribution in [0.3, 0.4) is 0 Å². The first kappa shape index (κ1) is 15.0. The maximum Gasteiger partial charge on any atom is 0.309 e. The minimum atomic E-state index is -0.253. The summed E-state index contributed by atoms with van der Waals surface area (Å²) in [6.45, 7) is 4.56. The Labute approximate surface area is 120 Å². The van der Waals surface area contributed by atoms with Crippen LogP contribution in [0, 0.1) is 5.92 Å². The Kier molecular flexibility index (Phi) is 5.15. The molecule has 1 saturated heterocycles. The van der Waals surface area contributed by atoms with Gasteiger partial charge in [-0.25, -0.2) is 0 Å². The smallest absolute Gasteiger partial charge is 0.309 e. The highest BCUT2D eigenvalue weighted by molar-refractivity contribution is 5.72. The number of esters is 1. The Hall–Kier alpha value is -1.39. The zero-order valence-electron chi connectivity index (χ0n) is 12.2. The van der Waals surface area contributed by atoms with Gasteiger partial charge in [0.25, 0.3) is 0 Å². The summed E-state index contributed by atoms with van der Waals surface area (Å²) < 4.78 is 4.74. The number of hydrogen-bond donors (Lipinski definition) is 1. The number of carbonyl (C=O) groups is 1. The molecule has 1 N–H and O–H groups in total. The van der Waals surface area contributed by atoms with Crippen molar-refractivity contribution >= 4 is 5.97 Å². The van der Waals surface area contributed by atoms with Gasteiger partial charge < -0.3 is 9.84 Å². The number of β-amino-alcohol motifs (C(OH)–C–C–N with tert-alkyl or cyclic N) is 1. The molecule has 0 spiro atoms. The molecule has 2 rings (SSSR count). The van der Waals surface area contributed by atoms with E-state index < -0.39 is 0 Å². The summed E-state index contributed by atoms with van der Waals surface area (Å²) in [6, 6.07) is 7.94. The van der Waals surface area contributed by atoms with Gasteiger partial charge in [0.15, 0.2) is 0 Å². The second kappa shape index (κ2) is 6.86. The van der Waals surface area contributed by atoms with Gasteiger partial charge >= 0.3 is 5.97 Å².